The van der Waals surface area contributed by atoms with Crippen LogP contribution in [-0.2, 0) is 6.54 Å². The average molecular weight is 252 g/mol. The fraction of sp³-hybridized carbons (Fsp3) is 0.643. The SMILES string of the molecule is Cc1ccc(O)c(CNCC(C)(O)CC(C)C)n1. The number of hydrogen-bond acceptors (Lipinski definition) is 4. The highest BCUT2D eigenvalue weighted by Gasteiger charge is 2.21. The van der Waals surface area contributed by atoms with Crippen LogP contribution in [0.5, 0.6) is 5.75 Å². The molecular formula is C14H24N2O2. The molecule has 0 aliphatic carbocycles. The van der Waals surface area contributed by atoms with Gasteiger partial charge < -0.3 is 15.5 Å². The van der Waals surface area contributed by atoms with E-state index in [4.69, 9.17) is 0 Å². The molecule has 1 aromatic rings. The molecule has 0 spiro atoms. The molecule has 4 nitrogen and oxygen atoms in total. The third-order valence-electron chi connectivity index (χ3n) is 2.74. The molecule has 1 heterocycles. The van der Waals surface area contributed by atoms with Crippen molar-refractivity contribution in [3.8, 4) is 5.75 Å². The van der Waals surface area contributed by atoms with Gasteiger partial charge in [0.1, 0.15) is 5.75 Å². The van der Waals surface area contributed by atoms with Crippen molar-refractivity contribution in [3.63, 3.8) is 0 Å². The Bertz CT molecular complexity index is 389. The van der Waals surface area contributed by atoms with E-state index in [0.29, 0.717) is 24.7 Å². The second kappa shape index (κ2) is 6.16. The molecule has 4 heteroatoms. The largest absolute Gasteiger partial charge is 0.506 e. The first-order valence-electron chi connectivity index (χ1n) is 6.39. The van der Waals surface area contributed by atoms with Gasteiger partial charge in [-0.05, 0) is 38.3 Å². The first kappa shape index (κ1) is 14.9. The van der Waals surface area contributed by atoms with Crippen LogP contribution in [0.25, 0.3) is 0 Å². The Hall–Kier alpha value is -1.13. The van der Waals surface area contributed by atoms with Crippen molar-refractivity contribution in [1.29, 1.82) is 0 Å². The maximum absolute atomic E-state index is 10.1. The highest BCUT2D eigenvalue weighted by Crippen LogP contribution is 2.17. The number of pyridine rings is 1. The van der Waals surface area contributed by atoms with E-state index in [9.17, 15) is 10.2 Å². The molecule has 0 saturated carbocycles. The first-order valence-corrected chi connectivity index (χ1v) is 6.39. The fourth-order valence-electron chi connectivity index (χ4n) is 2.14. The normalized spacial score (nSPS) is 14.8. The average Bonchev–Trinajstić information content (AvgIpc) is 2.21. The second-order valence-corrected chi connectivity index (χ2v) is 5.62. The molecule has 1 unspecified atom stereocenters. The van der Waals surface area contributed by atoms with Gasteiger partial charge in [0, 0.05) is 18.8 Å². The summed E-state index contributed by atoms with van der Waals surface area (Å²) in [7, 11) is 0. The Morgan fingerprint density at radius 3 is 2.67 bits per heavy atom. The molecule has 18 heavy (non-hydrogen) atoms. The van der Waals surface area contributed by atoms with Gasteiger partial charge in [0.25, 0.3) is 0 Å². The molecule has 102 valence electrons. The van der Waals surface area contributed by atoms with Gasteiger partial charge in [-0.2, -0.15) is 0 Å². The third-order valence-corrected chi connectivity index (χ3v) is 2.74. The summed E-state index contributed by atoms with van der Waals surface area (Å²) < 4.78 is 0. The van der Waals surface area contributed by atoms with Gasteiger partial charge in [0.2, 0.25) is 0 Å². The standard InChI is InChI=1S/C14H24N2O2/c1-10(2)7-14(4,18)9-15-8-12-13(17)6-5-11(3)16-12/h5-6,10,15,17-18H,7-9H2,1-4H3. The van der Waals surface area contributed by atoms with Crippen molar-refractivity contribution in [3.05, 3.63) is 23.5 Å². The number of aromatic nitrogens is 1. The zero-order valence-electron chi connectivity index (χ0n) is 11.7. The first-order chi connectivity index (χ1) is 8.30. The zero-order valence-corrected chi connectivity index (χ0v) is 11.7. The third kappa shape index (κ3) is 5.02. The van der Waals surface area contributed by atoms with E-state index in [2.05, 4.69) is 24.1 Å². The van der Waals surface area contributed by atoms with Crippen LogP contribution in [0.3, 0.4) is 0 Å². The summed E-state index contributed by atoms with van der Waals surface area (Å²) >= 11 is 0. The predicted octanol–water partition coefficient (Wildman–Crippen LogP) is 1.98. The van der Waals surface area contributed by atoms with Crippen LogP contribution in [0.1, 0.15) is 38.6 Å². The Morgan fingerprint density at radius 2 is 2.06 bits per heavy atom. The highest BCUT2D eigenvalue weighted by molar-refractivity contribution is 5.27. The lowest BCUT2D eigenvalue weighted by Crippen LogP contribution is -2.38. The van der Waals surface area contributed by atoms with E-state index in [1.165, 1.54) is 0 Å². The molecule has 3 N–H and O–H groups in total. The van der Waals surface area contributed by atoms with Crippen LogP contribution in [0.15, 0.2) is 12.1 Å². The van der Waals surface area contributed by atoms with E-state index >= 15 is 0 Å². The van der Waals surface area contributed by atoms with Gasteiger partial charge in [0.15, 0.2) is 0 Å². The van der Waals surface area contributed by atoms with Crippen LogP contribution in [0.4, 0.5) is 0 Å². The van der Waals surface area contributed by atoms with Crippen molar-refractivity contribution in [2.75, 3.05) is 6.54 Å². The van der Waals surface area contributed by atoms with Crippen molar-refractivity contribution in [1.82, 2.24) is 10.3 Å². The topological polar surface area (TPSA) is 65.4 Å². The number of aliphatic hydroxyl groups is 1. The lowest BCUT2D eigenvalue weighted by atomic mass is 9.94. The molecule has 0 fully saturated rings. The Kier molecular flexibility index (Phi) is 5.11. The molecule has 0 aliphatic heterocycles. The highest BCUT2D eigenvalue weighted by atomic mass is 16.3. The second-order valence-electron chi connectivity index (χ2n) is 5.62. The molecule has 0 aromatic carbocycles. The maximum Gasteiger partial charge on any atom is 0.138 e. The van der Waals surface area contributed by atoms with Gasteiger partial charge in [-0.3, -0.25) is 4.98 Å². The molecule has 0 radical (unpaired) electrons. The van der Waals surface area contributed by atoms with E-state index < -0.39 is 5.60 Å². The van der Waals surface area contributed by atoms with Crippen LogP contribution in [0.2, 0.25) is 0 Å². The van der Waals surface area contributed by atoms with Gasteiger partial charge >= 0.3 is 0 Å². The summed E-state index contributed by atoms with van der Waals surface area (Å²) in [5, 5.41) is 22.9. The minimum absolute atomic E-state index is 0.191. The maximum atomic E-state index is 10.1. The molecule has 1 aromatic heterocycles. The summed E-state index contributed by atoms with van der Waals surface area (Å²) in [5.74, 6) is 0.642. The van der Waals surface area contributed by atoms with E-state index in [0.717, 1.165) is 12.1 Å². The van der Waals surface area contributed by atoms with Crippen molar-refractivity contribution in [2.24, 2.45) is 5.92 Å². The van der Waals surface area contributed by atoms with Crippen molar-refractivity contribution >= 4 is 0 Å². The number of rotatable bonds is 6. The lowest BCUT2D eigenvalue weighted by Gasteiger charge is -2.25. The number of aryl methyl sites for hydroxylation is 1. The quantitative estimate of drug-likeness (QED) is 0.724. The smallest absolute Gasteiger partial charge is 0.138 e. The Balaban J connectivity index is 2.48. The molecule has 1 atom stereocenters. The van der Waals surface area contributed by atoms with Crippen LogP contribution in [-0.4, -0.2) is 27.3 Å². The fourth-order valence-corrected chi connectivity index (χ4v) is 2.14. The Morgan fingerprint density at radius 1 is 1.39 bits per heavy atom. The van der Waals surface area contributed by atoms with Gasteiger partial charge in [-0.25, -0.2) is 0 Å². The monoisotopic (exact) mass is 252 g/mol. The molecule has 0 amide bonds. The number of hydrogen-bond donors (Lipinski definition) is 3. The van der Waals surface area contributed by atoms with Gasteiger partial charge in [-0.15, -0.1) is 0 Å². The molecule has 0 bridgehead atoms. The van der Waals surface area contributed by atoms with Crippen LogP contribution in [0, 0.1) is 12.8 Å². The summed E-state index contributed by atoms with van der Waals surface area (Å²) in [6.45, 7) is 8.83. The molecule has 1 rings (SSSR count). The van der Waals surface area contributed by atoms with Crippen molar-refractivity contribution in [2.45, 2.75) is 46.3 Å². The van der Waals surface area contributed by atoms with Gasteiger partial charge in [-0.1, -0.05) is 13.8 Å². The summed E-state index contributed by atoms with van der Waals surface area (Å²) in [6.07, 6.45) is 0.743. The zero-order chi connectivity index (χ0) is 13.8. The minimum Gasteiger partial charge on any atom is -0.506 e. The van der Waals surface area contributed by atoms with Crippen molar-refractivity contribution < 1.29 is 10.2 Å². The number of nitrogens with one attached hydrogen (secondary N) is 1. The van der Waals surface area contributed by atoms with E-state index in [1.54, 1.807) is 12.1 Å². The Labute approximate surface area is 109 Å². The molecule has 0 saturated heterocycles. The van der Waals surface area contributed by atoms with Crippen LogP contribution < -0.4 is 5.32 Å². The summed E-state index contributed by atoms with van der Waals surface area (Å²) in [4.78, 5) is 4.26. The predicted molar refractivity (Wildman–Crippen MR) is 72.4 cm³/mol. The lowest BCUT2D eigenvalue weighted by molar-refractivity contribution is 0.0382. The molecule has 0 aliphatic rings. The van der Waals surface area contributed by atoms with E-state index in [1.807, 2.05) is 13.8 Å². The summed E-state index contributed by atoms with van der Waals surface area (Å²) in [6, 6.07) is 3.42. The number of nitrogens with zero attached hydrogens (tertiary/aromatic N) is 1. The van der Waals surface area contributed by atoms with E-state index in [-0.39, 0.29) is 5.75 Å². The summed E-state index contributed by atoms with van der Waals surface area (Å²) in [5.41, 5.74) is 0.766. The number of aromatic hydroxyl groups is 1. The van der Waals surface area contributed by atoms with Gasteiger partial charge in [0.05, 0.1) is 11.3 Å². The van der Waals surface area contributed by atoms with Crippen LogP contribution >= 0.6 is 0 Å². The molecular weight excluding hydrogens is 228 g/mol. The minimum atomic E-state index is -0.729.